The average molecular weight is 388 g/mol. The zero-order valence-electron chi connectivity index (χ0n) is 16.3. The highest BCUT2D eigenvalue weighted by Gasteiger charge is 2.27. The van der Waals surface area contributed by atoms with Crippen LogP contribution in [0.5, 0.6) is 0 Å². The molecular weight excluding hydrogens is 356 g/mol. The van der Waals surface area contributed by atoms with Gasteiger partial charge in [0.2, 0.25) is 17.7 Å². The SMILES string of the molecule is CCC(C)C(N)C(=O)NCC(=O)NC(CC(C)C)C(=O)NC(CO)C(=O)O. The number of carbonyl (C=O) groups excluding carboxylic acids is 3. The third kappa shape index (κ3) is 9.34. The second kappa shape index (κ2) is 12.2. The van der Waals surface area contributed by atoms with Gasteiger partial charge in [0, 0.05) is 0 Å². The van der Waals surface area contributed by atoms with Gasteiger partial charge in [0.05, 0.1) is 19.2 Å². The van der Waals surface area contributed by atoms with E-state index < -0.39 is 48.4 Å². The van der Waals surface area contributed by atoms with Crippen LogP contribution in [-0.4, -0.2) is 65.2 Å². The lowest BCUT2D eigenvalue weighted by Gasteiger charge is -2.22. The van der Waals surface area contributed by atoms with Crippen LogP contribution in [0.1, 0.15) is 40.5 Å². The number of hydrogen-bond donors (Lipinski definition) is 6. The van der Waals surface area contributed by atoms with E-state index in [0.29, 0.717) is 6.42 Å². The molecule has 4 unspecified atom stereocenters. The standard InChI is InChI=1S/C17H32N4O6/c1-5-10(4)14(18)16(25)19-7-13(23)20-11(6-9(2)3)15(24)21-12(8-22)17(26)27/h9-12,14,22H,5-8,18H2,1-4H3,(H,19,25)(H,20,23)(H,21,24)(H,26,27). The first-order valence-electron chi connectivity index (χ1n) is 9.00. The van der Waals surface area contributed by atoms with Crippen molar-refractivity contribution in [1.82, 2.24) is 16.0 Å². The summed E-state index contributed by atoms with van der Waals surface area (Å²) in [5.41, 5.74) is 5.78. The quantitative estimate of drug-likeness (QED) is 0.238. The maximum atomic E-state index is 12.3. The number of carboxylic acids is 1. The van der Waals surface area contributed by atoms with E-state index in [2.05, 4.69) is 16.0 Å². The molecule has 10 heteroatoms. The van der Waals surface area contributed by atoms with E-state index in [0.717, 1.165) is 0 Å². The topological polar surface area (TPSA) is 171 Å². The van der Waals surface area contributed by atoms with Crippen LogP contribution in [-0.2, 0) is 19.2 Å². The maximum absolute atomic E-state index is 12.3. The number of nitrogens with one attached hydrogen (secondary N) is 3. The van der Waals surface area contributed by atoms with Crippen LogP contribution in [0.15, 0.2) is 0 Å². The molecule has 156 valence electrons. The van der Waals surface area contributed by atoms with Crippen molar-refractivity contribution in [1.29, 1.82) is 0 Å². The minimum atomic E-state index is -1.46. The monoisotopic (exact) mass is 388 g/mol. The van der Waals surface area contributed by atoms with Gasteiger partial charge in [0.1, 0.15) is 12.1 Å². The third-order valence-corrected chi connectivity index (χ3v) is 4.14. The van der Waals surface area contributed by atoms with E-state index in [-0.39, 0.29) is 24.8 Å². The number of hydrogen-bond acceptors (Lipinski definition) is 6. The lowest BCUT2D eigenvalue weighted by Crippen LogP contribution is -2.55. The maximum Gasteiger partial charge on any atom is 0.328 e. The van der Waals surface area contributed by atoms with E-state index in [4.69, 9.17) is 15.9 Å². The normalized spacial score (nSPS) is 15.4. The molecule has 0 rings (SSSR count). The molecule has 0 aliphatic carbocycles. The van der Waals surface area contributed by atoms with E-state index in [9.17, 15) is 19.2 Å². The van der Waals surface area contributed by atoms with Crippen molar-refractivity contribution < 1.29 is 29.4 Å². The van der Waals surface area contributed by atoms with E-state index in [1.165, 1.54) is 0 Å². The summed E-state index contributed by atoms with van der Waals surface area (Å²) in [5, 5.41) is 25.0. The number of nitrogens with two attached hydrogens (primary N) is 1. The molecule has 0 heterocycles. The van der Waals surface area contributed by atoms with Crippen molar-refractivity contribution in [3.05, 3.63) is 0 Å². The van der Waals surface area contributed by atoms with Crippen LogP contribution < -0.4 is 21.7 Å². The second-order valence-corrected chi connectivity index (χ2v) is 6.96. The third-order valence-electron chi connectivity index (χ3n) is 4.14. The summed E-state index contributed by atoms with van der Waals surface area (Å²) in [6, 6.07) is -3.19. The number of carboxylic acid groups (broad SMARTS) is 1. The Kier molecular flexibility index (Phi) is 11.2. The number of carbonyl (C=O) groups is 4. The lowest BCUT2D eigenvalue weighted by atomic mass is 9.99. The Morgan fingerprint density at radius 2 is 1.59 bits per heavy atom. The number of aliphatic carboxylic acids is 1. The van der Waals surface area contributed by atoms with E-state index >= 15 is 0 Å². The van der Waals surface area contributed by atoms with Crippen LogP contribution in [0.25, 0.3) is 0 Å². The summed E-state index contributed by atoms with van der Waals surface area (Å²) in [6.45, 7) is 6.27. The molecule has 0 aliphatic heterocycles. The highest BCUT2D eigenvalue weighted by molar-refractivity contribution is 5.92. The van der Waals surface area contributed by atoms with Crippen molar-refractivity contribution in [2.45, 2.75) is 58.7 Å². The first-order valence-corrected chi connectivity index (χ1v) is 9.00. The second-order valence-electron chi connectivity index (χ2n) is 6.96. The smallest absolute Gasteiger partial charge is 0.328 e. The Hall–Kier alpha value is -2.20. The van der Waals surface area contributed by atoms with Crippen molar-refractivity contribution in [3.63, 3.8) is 0 Å². The molecule has 4 atom stereocenters. The number of aliphatic hydroxyl groups is 1. The van der Waals surface area contributed by atoms with Gasteiger partial charge < -0.3 is 31.9 Å². The number of rotatable bonds is 12. The van der Waals surface area contributed by atoms with Crippen molar-refractivity contribution in [2.24, 2.45) is 17.6 Å². The molecule has 0 saturated heterocycles. The summed E-state index contributed by atoms with van der Waals surface area (Å²) >= 11 is 0. The zero-order valence-corrected chi connectivity index (χ0v) is 16.3. The molecule has 0 radical (unpaired) electrons. The number of amides is 3. The Morgan fingerprint density at radius 1 is 1.00 bits per heavy atom. The molecule has 0 fully saturated rings. The molecule has 0 aromatic rings. The predicted octanol–water partition coefficient (Wildman–Crippen LogP) is -1.43. The van der Waals surface area contributed by atoms with Crippen LogP contribution in [0, 0.1) is 11.8 Å². The van der Waals surface area contributed by atoms with E-state index in [1.54, 1.807) is 0 Å². The van der Waals surface area contributed by atoms with Gasteiger partial charge in [-0.3, -0.25) is 14.4 Å². The highest BCUT2D eigenvalue weighted by atomic mass is 16.4. The molecule has 10 nitrogen and oxygen atoms in total. The van der Waals surface area contributed by atoms with Crippen LogP contribution in [0.2, 0.25) is 0 Å². The van der Waals surface area contributed by atoms with Crippen LogP contribution in [0.4, 0.5) is 0 Å². The van der Waals surface area contributed by atoms with E-state index in [1.807, 2.05) is 27.7 Å². The number of aliphatic hydroxyl groups excluding tert-OH is 1. The zero-order chi connectivity index (χ0) is 21.1. The Balaban J connectivity index is 4.80. The first-order chi connectivity index (χ1) is 12.5. The largest absolute Gasteiger partial charge is 0.480 e. The Bertz CT molecular complexity index is 526. The molecule has 0 aliphatic rings. The molecule has 0 spiro atoms. The lowest BCUT2D eigenvalue weighted by molar-refractivity contribution is -0.143. The highest BCUT2D eigenvalue weighted by Crippen LogP contribution is 2.06. The van der Waals surface area contributed by atoms with Crippen LogP contribution >= 0.6 is 0 Å². The van der Waals surface area contributed by atoms with Gasteiger partial charge in [-0.15, -0.1) is 0 Å². The van der Waals surface area contributed by atoms with Gasteiger partial charge in [-0.25, -0.2) is 4.79 Å². The Labute approximate surface area is 159 Å². The minimum absolute atomic E-state index is 0.0341. The van der Waals surface area contributed by atoms with Gasteiger partial charge in [0.25, 0.3) is 0 Å². The van der Waals surface area contributed by atoms with Gasteiger partial charge in [0.15, 0.2) is 0 Å². The van der Waals surface area contributed by atoms with Gasteiger partial charge >= 0.3 is 5.97 Å². The van der Waals surface area contributed by atoms with Gasteiger partial charge in [-0.2, -0.15) is 0 Å². The Morgan fingerprint density at radius 3 is 2.04 bits per heavy atom. The minimum Gasteiger partial charge on any atom is -0.480 e. The molecule has 0 bridgehead atoms. The fraction of sp³-hybridized carbons (Fsp3) is 0.765. The van der Waals surface area contributed by atoms with Crippen molar-refractivity contribution >= 4 is 23.7 Å². The molecule has 27 heavy (non-hydrogen) atoms. The van der Waals surface area contributed by atoms with Gasteiger partial charge in [-0.05, 0) is 18.3 Å². The summed E-state index contributed by atoms with van der Waals surface area (Å²) in [4.78, 5) is 47.2. The van der Waals surface area contributed by atoms with Crippen LogP contribution in [0.3, 0.4) is 0 Å². The molecule has 0 aromatic heterocycles. The predicted molar refractivity (Wildman–Crippen MR) is 98.5 cm³/mol. The summed E-state index contributed by atoms with van der Waals surface area (Å²) in [5.74, 6) is -3.18. The molecule has 0 saturated carbocycles. The summed E-state index contributed by atoms with van der Waals surface area (Å²) in [7, 11) is 0. The average Bonchev–Trinajstić information content (AvgIpc) is 2.61. The summed E-state index contributed by atoms with van der Waals surface area (Å²) in [6.07, 6.45) is 0.975. The van der Waals surface area contributed by atoms with Crippen molar-refractivity contribution in [3.8, 4) is 0 Å². The fourth-order valence-corrected chi connectivity index (χ4v) is 2.20. The fourth-order valence-electron chi connectivity index (χ4n) is 2.20. The first kappa shape index (κ1) is 24.8. The molecule has 3 amide bonds. The molecular formula is C17H32N4O6. The molecule has 7 N–H and O–H groups in total. The molecule has 0 aromatic carbocycles. The summed E-state index contributed by atoms with van der Waals surface area (Å²) < 4.78 is 0. The van der Waals surface area contributed by atoms with Crippen molar-refractivity contribution in [2.75, 3.05) is 13.2 Å². The van der Waals surface area contributed by atoms with Gasteiger partial charge in [-0.1, -0.05) is 34.1 Å².